The normalized spacial score (nSPS) is 12.6. The van der Waals surface area contributed by atoms with E-state index in [1.807, 2.05) is 62.4 Å². The van der Waals surface area contributed by atoms with E-state index in [4.69, 9.17) is 4.42 Å². The van der Waals surface area contributed by atoms with Crippen molar-refractivity contribution in [2.24, 2.45) is 0 Å². The van der Waals surface area contributed by atoms with Crippen LogP contribution in [0.5, 0.6) is 0 Å². The minimum Gasteiger partial charge on any atom is -0.462 e. The maximum absolute atomic E-state index is 12.4. The summed E-state index contributed by atoms with van der Waals surface area (Å²) in [6.45, 7) is 3.91. The molecule has 1 aromatic carbocycles. The Balaban J connectivity index is 1.67. The fourth-order valence-corrected chi connectivity index (χ4v) is 3.32. The molecule has 0 amide bonds. The second kappa shape index (κ2) is 6.14. The number of aromatic nitrogens is 3. The van der Waals surface area contributed by atoms with Crippen LogP contribution in [0.1, 0.15) is 28.5 Å². The van der Waals surface area contributed by atoms with Crippen LogP contribution in [0.2, 0.25) is 0 Å². The second-order valence-electron chi connectivity index (χ2n) is 5.77. The zero-order valence-corrected chi connectivity index (χ0v) is 14.6. The zero-order valence-electron chi connectivity index (χ0n) is 13.8. The first kappa shape index (κ1) is 15.5. The largest absolute Gasteiger partial charge is 0.462 e. The van der Waals surface area contributed by atoms with Crippen LogP contribution < -0.4 is 10.1 Å². The van der Waals surface area contributed by atoms with Gasteiger partial charge in [-0.2, -0.15) is 9.50 Å². The summed E-state index contributed by atoms with van der Waals surface area (Å²) in [6, 6.07) is 11.9. The molecule has 0 spiro atoms. The van der Waals surface area contributed by atoms with E-state index in [9.17, 15) is 4.79 Å². The number of furan rings is 1. The molecule has 0 radical (unpaired) electrons. The molecule has 124 valence electrons. The number of aryl methyl sites for hydroxylation is 2. The van der Waals surface area contributed by atoms with Gasteiger partial charge >= 0.3 is 0 Å². The molecule has 6 heteroatoms. The first-order valence-electron chi connectivity index (χ1n) is 7.81. The summed E-state index contributed by atoms with van der Waals surface area (Å²) in [4.78, 5) is 17.4. The Morgan fingerprint density at radius 1 is 1.08 bits per heavy atom. The lowest BCUT2D eigenvalue weighted by Crippen LogP contribution is -2.23. The molecule has 3 heterocycles. The highest BCUT2D eigenvalue weighted by molar-refractivity contribution is 7.15. The standard InChI is InChI=1S/C19H15N3O2S/c1-12-3-6-14(7-4-12)8-10-17-20-19-22(21-17)18(23)16(25-19)11-15-9-5-13(2)24-15/h3-11H,1-2H3/b10-8+,16-11-. The molecular formula is C19H15N3O2S. The molecule has 0 saturated carbocycles. The minimum absolute atomic E-state index is 0.184. The number of fused-ring (bicyclic) bond motifs is 1. The smallest absolute Gasteiger partial charge is 0.291 e. The van der Waals surface area contributed by atoms with Gasteiger partial charge in [0.2, 0.25) is 4.96 Å². The molecule has 4 aromatic rings. The number of rotatable bonds is 3. The van der Waals surface area contributed by atoms with E-state index in [2.05, 4.69) is 10.1 Å². The van der Waals surface area contributed by atoms with Crippen molar-refractivity contribution in [3.05, 3.63) is 79.8 Å². The van der Waals surface area contributed by atoms with Crippen molar-refractivity contribution in [1.29, 1.82) is 0 Å². The van der Waals surface area contributed by atoms with E-state index >= 15 is 0 Å². The van der Waals surface area contributed by atoms with Crippen molar-refractivity contribution in [3.63, 3.8) is 0 Å². The molecule has 25 heavy (non-hydrogen) atoms. The Morgan fingerprint density at radius 2 is 1.88 bits per heavy atom. The topological polar surface area (TPSA) is 60.4 Å². The number of benzene rings is 1. The van der Waals surface area contributed by atoms with Gasteiger partial charge in [-0.1, -0.05) is 47.2 Å². The molecule has 0 aliphatic heterocycles. The van der Waals surface area contributed by atoms with Gasteiger partial charge in [0.25, 0.3) is 5.56 Å². The van der Waals surface area contributed by atoms with Crippen molar-refractivity contribution in [2.45, 2.75) is 13.8 Å². The average molecular weight is 349 g/mol. The summed E-state index contributed by atoms with van der Waals surface area (Å²) in [5, 5.41) is 4.28. The molecule has 0 aliphatic carbocycles. The van der Waals surface area contributed by atoms with Crippen molar-refractivity contribution >= 4 is 34.5 Å². The molecule has 0 saturated heterocycles. The lowest BCUT2D eigenvalue weighted by molar-refractivity contribution is 0.525. The summed E-state index contributed by atoms with van der Waals surface area (Å²) in [7, 11) is 0. The fraction of sp³-hybridized carbons (Fsp3) is 0.105. The molecule has 4 rings (SSSR count). The molecule has 0 bridgehead atoms. The van der Waals surface area contributed by atoms with Gasteiger partial charge in [-0.25, -0.2) is 0 Å². The summed E-state index contributed by atoms with van der Waals surface area (Å²) >= 11 is 1.30. The Kier molecular flexibility index (Phi) is 3.82. The highest BCUT2D eigenvalue weighted by Crippen LogP contribution is 2.10. The number of hydrogen-bond acceptors (Lipinski definition) is 5. The van der Waals surface area contributed by atoms with Gasteiger partial charge in [0.05, 0.1) is 0 Å². The van der Waals surface area contributed by atoms with E-state index in [0.717, 1.165) is 11.3 Å². The van der Waals surface area contributed by atoms with Crippen LogP contribution in [0.4, 0.5) is 0 Å². The quantitative estimate of drug-likeness (QED) is 0.570. The van der Waals surface area contributed by atoms with Crippen molar-refractivity contribution in [1.82, 2.24) is 14.6 Å². The van der Waals surface area contributed by atoms with E-state index < -0.39 is 0 Å². The SMILES string of the molecule is Cc1ccc(/C=C/c2nc3s/c(=C\c4ccc(C)o4)c(=O)n3n2)cc1. The molecule has 5 nitrogen and oxygen atoms in total. The Bertz CT molecular complexity index is 1180. The van der Waals surface area contributed by atoms with Crippen LogP contribution >= 0.6 is 11.3 Å². The van der Waals surface area contributed by atoms with E-state index in [-0.39, 0.29) is 5.56 Å². The summed E-state index contributed by atoms with van der Waals surface area (Å²) in [6.07, 6.45) is 5.46. The van der Waals surface area contributed by atoms with Crippen molar-refractivity contribution in [2.75, 3.05) is 0 Å². The summed E-state index contributed by atoms with van der Waals surface area (Å²) < 4.78 is 7.37. The molecule has 0 N–H and O–H groups in total. The van der Waals surface area contributed by atoms with Gasteiger partial charge in [0.1, 0.15) is 16.1 Å². The summed E-state index contributed by atoms with van der Waals surface area (Å²) in [5.74, 6) is 1.98. The highest BCUT2D eigenvalue weighted by atomic mass is 32.1. The third-order valence-electron chi connectivity index (χ3n) is 3.73. The molecule has 0 unspecified atom stereocenters. The fourth-order valence-electron chi connectivity index (χ4n) is 2.43. The molecular weight excluding hydrogens is 334 g/mol. The van der Waals surface area contributed by atoms with Crippen molar-refractivity contribution in [3.8, 4) is 0 Å². The van der Waals surface area contributed by atoms with E-state index in [0.29, 0.717) is 21.1 Å². The summed E-state index contributed by atoms with van der Waals surface area (Å²) in [5.41, 5.74) is 2.09. The molecule has 3 aromatic heterocycles. The van der Waals surface area contributed by atoms with Crippen LogP contribution in [-0.2, 0) is 0 Å². The Hall–Kier alpha value is -2.99. The molecule has 0 atom stereocenters. The van der Waals surface area contributed by atoms with Gasteiger partial charge in [-0.15, -0.1) is 5.10 Å². The predicted molar refractivity (Wildman–Crippen MR) is 99.5 cm³/mol. The van der Waals surface area contributed by atoms with Crippen LogP contribution in [0.15, 0.2) is 45.6 Å². The third-order valence-corrected chi connectivity index (χ3v) is 4.69. The maximum atomic E-state index is 12.4. The highest BCUT2D eigenvalue weighted by Gasteiger charge is 2.09. The maximum Gasteiger partial charge on any atom is 0.291 e. The molecule has 0 aliphatic rings. The van der Waals surface area contributed by atoms with E-state index in [1.165, 1.54) is 21.4 Å². The third kappa shape index (κ3) is 3.16. The predicted octanol–water partition coefficient (Wildman–Crippen LogP) is 3.08. The number of thiazole rings is 1. The minimum atomic E-state index is -0.184. The average Bonchev–Trinajstić information content (AvgIpc) is 3.25. The zero-order chi connectivity index (χ0) is 17.4. The monoisotopic (exact) mass is 349 g/mol. The van der Waals surface area contributed by atoms with Crippen LogP contribution in [0.25, 0.3) is 23.2 Å². The van der Waals surface area contributed by atoms with Gasteiger partial charge in [0, 0.05) is 6.08 Å². The van der Waals surface area contributed by atoms with Gasteiger partial charge in [0.15, 0.2) is 5.82 Å². The number of nitrogens with zero attached hydrogens (tertiary/aromatic N) is 3. The second-order valence-corrected chi connectivity index (χ2v) is 6.78. The van der Waals surface area contributed by atoms with Gasteiger partial charge < -0.3 is 4.42 Å². The van der Waals surface area contributed by atoms with Gasteiger partial charge in [-0.05, 0) is 37.6 Å². The van der Waals surface area contributed by atoms with Crippen LogP contribution in [0.3, 0.4) is 0 Å². The molecule has 0 fully saturated rings. The lowest BCUT2D eigenvalue weighted by atomic mass is 10.1. The Labute approximate surface area is 147 Å². The first-order chi connectivity index (χ1) is 12.1. The van der Waals surface area contributed by atoms with Crippen LogP contribution in [-0.4, -0.2) is 14.6 Å². The first-order valence-corrected chi connectivity index (χ1v) is 8.63. The lowest BCUT2D eigenvalue weighted by Gasteiger charge is -1.93. The van der Waals surface area contributed by atoms with Gasteiger partial charge in [-0.3, -0.25) is 4.79 Å². The van der Waals surface area contributed by atoms with E-state index in [1.54, 1.807) is 6.08 Å². The van der Waals surface area contributed by atoms with Crippen LogP contribution in [0, 0.1) is 13.8 Å². The number of hydrogen-bond donors (Lipinski definition) is 0. The van der Waals surface area contributed by atoms with Crippen molar-refractivity contribution < 1.29 is 4.42 Å². The Morgan fingerprint density at radius 3 is 2.56 bits per heavy atom.